The van der Waals surface area contributed by atoms with Crippen LogP contribution in [0.2, 0.25) is 0 Å². The number of benzene rings is 1. The maximum atomic E-state index is 9.36. The van der Waals surface area contributed by atoms with Crippen molar-refractivity contribution in [1.82, 2.24) is 0 Å². The molecule has 2 nitrogen and oxygen atoms in total. The van der Waals surface area contributed by atoms with Gasteiger partial charge in [-0.25, -0.2) is 0 Å². The molecule has 0 saturated heterocycles. The average molecular weight is 188 g/mol. The monoisotopic (exact) mass is 188 g/mol. The summed E-state index contributed by atoms with van der Waals surface area (Å²) in [4.78, 5) is 0. The third-order valence-corrected chi connectivity index (χ3v) is 2.38. The summed E-state index contributed by atoms with van der Waals surface area (Å²) in [7, 11) is 0. The van der Waals surface area contributed by atoms with Gasteiger partial charge in [-0.2, -0.15) is 0 Å². The molecule has 0 heterocycles. The van der Waals surface area contributed by atoms with E-state index in [0.29, 0.717) is 6.42 Å². The topological polar surface area (TPSA) is 40.5 Å². The zero-order chi connectivity index (χ0) is 9.97. The van der Waals surface area contributed by atoms with Crippen LogP contribution in [0.3, 0.4) is 0 Å². The van der Waals surface area contributed by atoms with E-state index in [-0.39, 0.29) is 11.5 Å². The molecule has 14 heavy (non-hydrogen) atoms. The van der Waals surface area contributed by atoms with Gasteiger partial charge in [0.25, 0.3) is 0 Å². The van der Waals surface area contributed by atoms with Gasteiger partial charge in [-0.1, -0.05) is 30.3 Å². The van der Waals surface area contributed by atoms with Gasteiger partial charge in [-0.3, -0.25) is 0 Å². The van der Waals surface area contributed by atoms with E-state index in [1.165, 1.54) is 0 Å². The Labute approximate surface area is 82.8 Å². The van der Waals surface area contributed by atoms with Crippen molar-refractivity contribution in [2.75, 3.05) is 0 Å². The molecule has 0 radical (unpaired) electrons. The minimum atomic E-state index is -0.00453. The lowest BCUT2D eigenvalue weighted by molar-refractivity contribution is 0.320. The van der Waals surface area contributed by atoms with E-state index < -0.39 is 0 Å². The van der Waals surface area contributed by atoms with Crippen LogP contribution < -0.4 is 0 Å². The van der Waals surface area contributed by atoms with Crippen molar-refractivity contribution in [3.8, 4) is 0 Å². The number of aliphatic hydroxyl groups excluding tert-OH is 2. The lowest BCUT2D eigenvalue weighted by Crippen LogP contribution is -1.98. The Kier molecular flexibility index (Phi) is 2.27. The Morgan fingerprint density at radius 3 is 2.29 bits per heavy atom. The molecule has 72 valence electrons. The molecule has 0 spiro atoms. The maximum Gasteiger partial charge on any atom is 0.153 e. The Balaban J connectivity index is 2.34. The Morgan fingerprint density at radius 1 is 0.929 bits per heavy atom. The van der Waals surface area contributed by atoms with Gasteiger partial charge in [0.1, 0.15) is 5.76 Å². The Hall–Kier alpha value is -1.70. The predicted octanol–water partition coefficient (Wildman–Crippen LogP) is 3.19. The SMILES string of the molecule is OC1=C(O)CCC(c2ccccc2)=C1. The highest BCUT2D eigenvalue weighted by atomic mass is 16.3. The van der Waals surface area contributed by atoms with E-state index in [1.54, 1.807) is 6.08 Å². The summed E-state index contributed by atoms with van der Waals surface area (Å²) in [5.41, 5.74) is 2.17. The number of aliphatic hydroxyl groups is 2. The van der Waals surface area contributed by atoms with E-state index in [0.717, 1.165) is 17.6 Å². The second-order valence-electron chi connectivity index (χ2n) is 3.37. The Morgan fingerprint density at radius 2 is 1.64 bits per heavy atom. The van der Waals surface area contributed by atoms with Gasteiger partial charge in [0.2, 0.25) is 0 Å². The van der Waals surface area contributed by atoms with Crippen LogP contribution in [0.5, 0.6) is 0 Å². The molecular formula is C12H12O2. The summed E-state index contributed by atoms with van der Waals surface area (Å²) in [5.74, 6) is 0.0831. The maximum absolute atomic E-state index is 9.36. The van der Waals surface area contributed by atoms with Gasteiger partial charge in [0.15, 0.2) is 5.76 Å². The molecule has 0 saturated carbocycles. The van der Waals surface area contributed by atoms with Gasteiger partial charge in [-0.05, 0) is 23.6 Å². The lowest BCUT2D eigenvalue weighted by atomic mass is 9.96. The molecule has 0 fully saturated rings. The van der Waals surface area contributed by atoms with Crippen molar-refractivity contribution in [3.63, 3.8) is 0 Å². The average Bonchev–Trinajstić information content (AvgIpc) is 2.23. The van der Waals surface area contributed by atoms with Crippen LogP contribution in [0.15, 0.2) is 47.9 Å². The highest BCUT2D eigenvalue weighted by Gasteiger charge is 2.12. The fraction of sp³-hybridized carbons (Fsp3) is 0.167. The molecule has 2 rings (SSSR count). The van der Waals surface area contributed by atoms with Crippen LogP contribution in [0.25, 0.3) is 5.57 Å². The third kappa shape index (κ3) is 1.64. The zero-order valence-corrected chi connectivity index (χ0v) is 7.77. The van der Waals surface area contributed by atoms with Gasteiger partial charge in [-0.15, -0.1) is 0 Å². The van der Waals surface area contributed by atoms with Gasteiger partial charge < -0.3 is 10.2 Å². The smallest absolute Gasteiger partial charge is 0.153 e. The molecule has 0 atom stereocenters. The van der Waals surface area contributed by atoms with Crippen molar-refractivity contribution in [2.45, 2.75) is 12.8 Å². The fourth-order valence-corrected chi connectivity index (χ4v) is 1.58. The van der Waals surface area contributed by atoms with Crippen molar-refractivity contribution in [2.24, 2.45) is 0 Å². The second-order valence-corrected chi connectivity index (χ2v) is 3.37. The molecule has 0 bridgehead atoms. The van der Waals surface area contributed by atoms with Crippen molar-refractivity contribution in [1.29, 1.82) is 0 Å². The molecule has 2 heteroatoms. The molecule has 0 aliphatic heterocycles. The van der Waals surface area contributed by atoms with Gasteiger partial charge >= 0.3 is 0 Å². The molecule has 0 unspecified atom stereocenters. The number of hydrogen-bond acceptors (Lipinski definition) is 2. The molecule has 2 N–H and O–H groups in total. The van der Waals surface area contributed by atoms with Crippen molar-refractivity contribution < 1.29 is 10.2 Å². The predicted molar refractivity (Wildman–Crippen MR) is 55.9 cm³/mol. The third-order valence-electron chi connectivity index (χ3n) is 2.38. The van der Waals surface area contributed by atoms with Crippen molar-refractivity contribution in [3.05, 3.63) is 53.5 Å². The molecule has 1 aromatic rings. The van der Waals surface area contributed by atoms with Crippen LogP contribution in [0.4, 0.5) is 0 Å². The van der Waals surface area contributed by atoms with Crippen molar-refractivity contribution >= 4 is 5.57 Å². The first-order chi connectivity index (χ1) is 6.77. The first-order valence-corrected chi connectivity index (χ1v) is 4.64. The van der Waals surface area contributed by atoms with E-state index in [4.69, 9.17) is 0 Å². The quantitative estimate of drug-likeness (QED) is 0.710. The minimum Gasteiger partial charge on any atom is -0.508 e. The summed E-state index contributed by atoms with van der Waals surface area (Å²) in [5, 5.41) is 18.6. The summed E-state index contributed by atoms with van der Waals surface area (Å²) in [6.45, 7) is 0. The molecule has 1 aliphatic rings. The van der Waals surface area contributed by atoms with Crippen LogP contribution in [-0.2, 0) is 0 Å². The van der Waals surface area contributed by atoms with E-state index in [2.05, 4.69) is 0 Å². The van der Waals surface area contributed by atoms with Crippen LogP contribution in [0.1, 0.15) is 18.4 Å². The largest absolute Gasteiger partial charge is 0.508 e. The minimum absolute atomic E-state index is 0.00453. The highest BCUT2D eigenvalue weighted by molar-refractivity contribution is 5.69. The first-order valence-electron chi connectivity index (χ1n) is 4.64. The highest BCUT2D eigenvalue weighted by Crippen LogP contribution is 2.27. The molecule has 1 aromatic carbocycles. The van der Waals surface area contributed by atoms with E-state index >= 15 is 0 Å². The summed E-state index contributed by atoms with van der Waals surface area (Å²) in [6, 6.07) is 9.89. The van der Waals surface area contributed by atoms with Crippen LogP contribution in [0, 0.1) is 0 Å². The van der Waals surface area contributed by atoms with Crippen LogP contribution in [-0.4, -0.2) is 10.2 Å². The second kappa shape index (κ2) is 3.58. The summed E-state index contributed by atoms with van der Waals surface area (Å²) in [6.07, 6.45) is 2.93. The molecule has 0 amide bonds. The van der Waals surface area contributed by atoms with E-state index in [1.807, 2.05) is 30.3 Å². The lowest BCUT2D eigenvalue weighted by Gasteiger charge is -2.13. The number of hydrogen-bond donors (Lipinski definition) is 2. The first kappa shape index (κ1) is 8.88. The fourth-order valence-electron chi connectivity index (χ4n) is 1.58. The molecule has 1 aliphatic carbocycles. The van der Waals surface area contributed by atoms with Gasteiger partial charge in [0, 0.05) is 6.42 Å². The number of rotatable bonds is 1. The number of allylic oxidation sites excluding steroid dienone is 3. The Bertz CT molecular complexity index is 388. The van der Waals surface area contributed by atoms with Crippen LogP contribution >= 0.6 is 0 Å². The van der Waals surface area contributed by atoms with Gasteiger partial charge in [0.05, 0.1) is 0 Å². The summed E-state index contributed by atoms with van der Waals surface area (Å²) >= 11 is 0. The summed E-state index contributed by atoms with van der Waals surface area (Å²) < 4.78 is 0. The molecule has 0 aromatic heterocycles. The normalized spacial score (nSPS) is 16.7. The standard InChI is InChI=1S/C12H12O2/c13-11-7-6-10(8-12(11)14)9-4-2-1-3-5-9/h1-5,8,13-14H,6-7H2. The zero-order valence-electron chi connectivity index (χ0n) is 7.77. The van der Waals surface area contributed by atoms with E-state index in [9.17, 15) is 10.2 Å². The molecular weight excluding hydrogens is 176 g/mol.